The van der Waals surface area contributed by atoms with E-state index in [0.29, 0.717) is 5.69 Å². The normalized spacial score (nSPS) is 10.2. The van der Waals surface area contributed by atoms with Gasteiger partial charge in [-0.25, -0.2) is 4.98 Å². The second-order valence-electron chi connectivity index (χ2n) is 2.67. The number of amides is 1. The SMILES string of the molecule is CNC(=O)c1ncn2ccccc12. The average molecular weight is 175 g/mol. The number of nitrogens with zero attached hydrogens (tertiary/aromatic N) is 2. The van der Waals surface area contributed by atoms with Crippen LogP contribution in [0.3, 0.4) is 0 Å². The lowest BCUT2D eigenvalue weighted by molar-refractivity contribution is 0.0960. The third-order valence-electron chi connectivity index (χ3n) is 1.89. The Morgan fingerprint density at radius 1 is 1.54 bits per heavy atom. The standard InChI is InChI=1S/C9H9N3O/c1-10-9(13)8-7-4-2-3-5-12(7)6-11-8/h2-6H,1H3,(H,10,13). The maximum Gasteiger partial charge on any atom is 0.271 e. The molecule has 0 saturated heterocycles. The molecule has 0 atom stereocenters. The van der Waals surface area contributed by atoms with Crippen LogP contribution in [-0.4, -0.2) is 22.3 Å². The van der Waals surface area contributed by atoms with Gasteiger partial charge in [0.2, 0.25) is 0 Å². The lowest BCUT2D eigenvalue weighted by Gasteiger charge is -1.95. The van der Waals surface area contributed by atoms with E-state index in [4.69, 9.17) is 0 Å². The van der Waals surface area contributed by atoms with E-state index in [2.05, 4.69) is 10.3 Å². The lowest BCUT2D eigenvalue weighted by Crippen LogP contribution is -2.18. The molecule has 0 unspecified atom stereocenters. The zero-order chi connectivity index (χ0) is 9.26. The first-order valence-electron chi connectivity index (χ1n) is 3.96. The van der Waals surface area contributed by atoms with E-state index >= 15 is 0 Å². The molecule has 1 N–H and O–H groups in total. The molecule has 13 heavy (non-hydrogen) atoms. The monoisotopic (exact) mass is 175 g/mol. The summed E-state index contributed by atoms with van der Waals surface area (Å²) in [7, 11) is 1.59. The van der Waals surface area contributed by atoms with Gasteiger partial charge >= 0.3 is 0 Å². The Balaban J connectivity index is 2.64. The maximum atomic E-state index is 11.3. The average Bonchev–Trinajstić information content (AvgIpc) is 2.60. The molecule has 0 aromatic carbocycles. The number of imidazole rings is 1. The molecule has 2 aromatic rings. The van der Waals surface area contributed by atoms with E-state index in [-0.39, 0.29) is 5.91 Å². The Kier molecular flexibility index (Phi) is 1.73. The minimum absolute atomic E-state index is 0.159. The van der Waals surface area contributed by atoms with Crippen molar-refractivity contribution in [2.24, 2.45) is 0 Å². The van der Waals surface area contributed by atoms with Gasteiger partial charge in [-0.05, 0) is 12.1 Å². The summed E-state index contributed by atoms with van der Waals surface area (Å²) in [5.74, 6) is -0.159. The Morgan fingerprint density at radius 2 is 2.38 bits per heavy atom. The summed E-state index contributed by atoms with van der Waals surface area (Å²) in [5, 5.41) is 2.54. The van der Waals surface area contributed by atoms with Crippen molar-refractivity contribution in [2.75, 3.05) is 7.05 Å². The molecule has 0 aliphatic carbocycles. The van der Waals surface area contributed by atoms with Crippen LogP contribution in [0.2, 0.25) is 0 Å². The molecule has 0 fully saturated rings. The second kappa shape index (κ2) is 2.90. The van der Waals surface area contributed by atoms with Crippen LogP contribution in [0.25, 0.3) is 5.52 Å². The number of pyridine rings is 1. The van der Waals surface area contributed by atoms with Gasteiger partial charge in [0.05, 0.1) is 5.52 Å². The van der Waals surface area contributed by atoms with E-state index in [1.807, 2.05) is 28.8 Å². The smallest absolute Gasteiger partial charge is 0.271 e. The highest BCUT2D eigenvalue weighted by Crippen LogP contribution is 2.07. The molecule has 4 heteroatoms. The predicted octanol–water partition coefficient (Wildman–Crippen LogP) is 0.694. The van der Waals surface area contributed by atoms with Crippen molar-refractivity contribution in [3.05, 3.63) is 36.4 Å². The van der Waals surface area contributed by atoms with Gasteiger partial charge in [-0.3, -0.25) is 4.79 Å². The minimum atomic E-state index is -0.159. The number of carbonyl (C=O) groups is 1. The van der Waals surface area contributed by atoms with E-state index in [1.165, 1.54) is 0 Å². The Morgan fingerprint density at radius 3 is 3.15 bits per heavy atom. The van der Waals surface area contributed by atoms with E-state index in [9.17, 15) is 4.79 Å². The number of hydrogen-bond acceptors (Lipinski definition) is 2. The van der Waals surface area contributed by atoms with Crippen LogP contribution in [0.15, 0.2) is 30.7 Å². The molecule has 0 radical (unpaired) electrons. The lowest BCUT2D eigenvalue weighted by atomic mass is 10.3. The molecule has 2 rings (SSSR count). The fraction of sp³-hybridized carbons (Fsp3) is 0.111. The molecule has 0 saturated carbocycles. The molecule has 0 aliphatic heterocycles. The van der Waals surface area contributed by atoms with Crippen molar-refractivity contribution in [2.45, 2.75) is 0 Å². The summed E-state index contributed by atoms with van der Waals surface area (Å²) in [6.45, 7) is 0. The fourth-order valence-electron chi connectivity index (χ4n) is 1.24. The molecular formula is C9H9N3O. The Bertz CT molecular complexity index is 447. The van der Waals surface area contributed by atoms with Crippen molar-refractivity contribution in [3.63, 3.8) is 0 Å². The largest absolute Gasteiger partial charge is 0.354 e. The van der Waals surface area contributed by atoms with E-state index in [0.717, 1.165) is 5.52 Å². The third-order valence-corrected chi connectivity index (χ3v) is 1.89. The maximum absolute atomic E-state index is 11.3. The van der Waals surface area contributed by atoms with Crippen LogP contribution in [-0.2, 0) is 0 Å². The second-order valence-corrected chi connectivity index (χ2v) is 2.67. The summed E-state index contributed by atoms with van der Waals surface area (Å²) in [4.78, 5) is 15.3. The zero-order valence-corrected chi connectivity index (χ0v) is 7.19. The van der Waals surface area contributed by atoms with Crippen LogP contribution in [0, 0.1) is 0 Å². The quantitative estimate of drug-likeness (QED) is 0.693. The first-order valence-corrected chi connectivity index (χ1v) is 3.96. The summed E-state index contributed by atoms with van der Waals surface area (Å²) < 4.78 is 1.81. The molecule has 66 valence electrons. The van der Waals surface area contributed by atoms with Crippen LogP contribution in [0.5, 0.6) is 0 Å². The van der Waals surface area contributed by atoms with Gasteiger partial charge in [0, 0.05) is 13.2 Å². The van der Waals surface area contributed by atoms with Gasteiger partial charge < -0.3 is 9.72 Å². The topological polar surface area (TPSA) is 46.4 Å². The van der Waals surface area contributed by atoms with Gasteiger partial charge in [0.25, 0.3) is 5.91 Å². The first kappa shape index (κ1) is 7.79. The van der Waals surface area contributed by atoms with Gasteiger partial charge in [-0.2, -0.15) is 0 Å². The molecule has 0 aliphatic rings. The molecular weight excluding hydrogens is 166 g/mol. The van der Waals surface area contributed by atoms with Crippen molar-refractivity contribution in [1.82, 2.24) is 14.7 Å². The van der Waals surface area contributed by atoms with E-state index < -0.39 is 0 Å². The minimum Gasteiger partial charge on any atom is -0.354 e. The number of rotatable bonds is 1. The Hall–Kier alpha value is -1.84. The molecule has 1 amide bonds. The summed E-state index contributed by atoms with van der Waals surface area (Å²) in [6.07, 6.45) is 3.48. The number of nitrogens with one attached hydrogen (secondary N) is 1. The van der Waals surface area contributed by atoms with Crippen molar-refractivity contribution < 1.29 is 4.79 Å². The van der Waals surface area contributed by atoms with Crippen LogP contribution >= 0.6 is 0 Å². The Labute approximate surface area is 75.2 Å². The van der Waals surface area contributed by atoms with Gasteiger partial charge in [-0.1, -0.05) is 6.07 Å². The zero-order valence-electron chi connectivity index (χ0n) is 7.19. The third kappa shape index (κ3) is 1.16. The number of aromatic nitrogens is 2. The van der Waals surface area contributed by atoms with Crippen LogP contribution in [0.1, 0.15) is 10.5 Å². The highest BCUT2D eigenvalue weighted by molar-refractivity contribution is 5.98. The number of carbonyl (C=O) groups excluding carboxylic acids is 1. The van der Waals surface area contributed by atoms with Crippen LogP contribution in [0.4, 0.5) is 0 Å². The van der Waals surface area contributed by atoms with Gasteiger partial charge in [0.15, 0.2) is 5.69 Å². The fourth-order valence-corrected chi connectivity index (χ4v) is 1.24. The molecule has 2 aromatic heterocycles. The van der Waals surface area contributed by atoms with Crippen molar-refractivity contribution >= 4 is 11.4 Å². The van der Waals surface area contributed by atoms with Crippen molar-refractivity contribution in [1.29, 1.82) is 0 Å². The van der Waals surface area contributed by atoms with E-state index in [1.54, 1.807) is 13.4 Å². The summed E-state index contributed by atoms with van der Waals surface area (Å²) >= 11 is 0. The number of hydrogen-bond donors (Lipinski definition) is 1. The molecule has 4 nitrogen and oxygen atoms in total. The van der Waals surface area contributed by atoms with Crippen LogP contribution < -0.4 is 5.32 Å². The molecule has 0 bridgehead atoms. The summed E-state index contributed by atoms with van der Waals surface area (Å²) in [5.41, 5.74) is 1.28. The van der Waals surface area contributed by atoms with Gasteiger partial charge in [0.1, 0.15) is 6.33 Å². The predicted molar refractivity (Wildman–Crippen MR) is 48.6 cm³/mol. The molecule has 0 spiro atoms. The van der Waals surface area contributed by atoms with Gasteiger partial charge in [-0.15, -0.1) is 0 Å². The highest BCUT2D eigenvalue weighted by Gasteiger charge is 2.09. The summed E-state index contributed by atoms with van der Waals surface area (Å²) in [6, 6.07) is 5.63. The molecule has 2 heterocycles. The first-order chi connectivity index (χ1) is 6.33. The van der Waals surface area contributed by atoms with Crippen molar-refractivity contribution in [3.8, 4) is 0 Å². The highest BCUT2D eigenvalue weighted by atomic mass is 16.1. The number of fused-ring (bicyclic) bond motifs is 1.